The molecule has 6 nitrogen and oxygen atoms in total. The second-order valence-corrected chi connectivity index (χ2v) is 8.62. The molecule has 1 aliphatic carbocycles. The van der Waals surface area contributed by atoms with Gasteiger partial charge in [-0.3, -0.25) is 9.59 Å². The van der Waals surface area contributed by atoms with Crippen LogP contribution in [0.5, 0.6) is 0 Å². The van der Waals surface area contributed by atoms with Crippen LogP contribution in [0.4, 0.5) is 10.1 Å². The summed E-state index contributed by atoms with van der Waals surface area (Å²) >= 11 is 0. The molecule has 2 aromatic rings. The van der Waals surface area contributed by atoms with E-state index in [0.717, 1.165) is 31.2 Å². The molecule has 1 heterocycles. The lowest BCUT2D eigenvalue weighted by Crippen LogP contribution is -2.51. The number of nitrogens with one attached hydrogen (secondary N) is 1. The molecule has 2 aliphatic rings. The number of rotatable bonds is 6. The van der Waals surface area contributed by atoms with Crippen LogP contribution < -0.4 is 5.32 Å². The highest BCUT2D eigenvalue weighted by Gasteiger charge is 2.34. The van der Waals surface area contributed by atoms with E-state index < -0.39 is 12.1 Å². The molecular weight excluding hydrogens is 411 g/mol. The lowest BCUT2D eigenvalue weighted by Gasteiger charge is -2.38. The van der Waals surface area contributed by atoms with Gasteiger partial charge in [0.1, 0.15) is 18.5 Å². The van der Waals surface area contributed by atoms with Crippen molar-refractivity contribution in [1.29, 1.82) is 0 Å². The van der Waals surface area contributed by atoms with Gasteiger partial charge in [0, 0.05) is 18.2 Å². The Hall–Kier alpha value is -2.77. The molecule has 2 fully saturated rings. The quantitative estimate of drug-likeness (QED) is 0.716. The van der Waals surface area contributed by atoms with Gasteiger partial charge in [0.25, 0.3) is 0 Å². The highest BCUT2D eigenvalue weighted by molar-refractivity contribution is 5.92. The maximum absolute atomic E-state index is 13.2. The lowest BCUT2D eigenvalue weighted by molar-refractivity contribution is -0.155. The molecule has 1 saturated heterocycles. The molecule has 7 heteroatoms. The van der Waals surface area contributed by atoms with Crippen molar-refractivity contribution in [2.75, 3.05) is 18.5 Å². The predicted octanol–water partition coefficient (Wildman–Crippen LogP) is 3.81. The Labute approximate surface area is 187 Å². The second kappa shape index (κ2) is 10.2. The molecule has 2 N–H and O–H groups in total. The Morgan fingerprint density at radius 2 is 1.78 bits per heavy atom. The van der Waals surface area contributed by atoms with Crippen LogP contribution in [0.3, 0.4) is 0 Å². The van der Waals surface area contributed by atoms with Crippen molar-refractivity contribution >= 4 is 17.5 Å². The van der Waals surface area contributed by atoms with Crippen molar-refractivity contribution < 1.29 is 23.8 Å². The van der Waals surface area contributed by atoms with Gasteiger partial charge in [-0.25, -0.2) is 4.39 Å². The Morgan fingerprint density at radius 3 is 2.47 bits per heavy atom. The summed E-state index contributed by atoms with van der Waals surface area (Å²) in [6.45, 7) is 0.421. The van der Waals surface area contributed by atoms with E-state index in [-0.39, 0.29) is 43.3 Å². The number of hydrogen-bond donors (Lipinski definition) is 2. The minimum atomic E-state index is -0.956. The number of carbonyl (C=O) groups excluding carboxylic acids is 2. The van der Waals surface area contributed by atoms with Gasteiger partial charge in [-0.1, -0.05) is 43.5 Å². The van der Waals surface area contributed by atoms with Crippen LogP contribution in [0.15, 0.2) is 48.5 Å². The monoisotopic (exact) mass is 440 g/mol. The first-order valence-electron chi connectivity index (χ1n) is 11.2. The number of morpholine rings is 1. The summed E-state index contributed by atoms with van der Waals surface area (Å²) in [5, 5.41) is 14.0. The van der Waals surface area contributed by atoms with Crippen molar-refractivity contribution in [2.24, 2.45) is 5.92 Å². The van der Waals surface area contributed by atoms with Gasteiger partial charge in [0.15, 0.2) is 0 Å². The zero-order valence-corrected chi connectivity index (χ0v) is 18.0. The summed E-state index contributed by atoms with van der Waals surface area (Å²) in [4.78, 5) is 26.6. The summed E-state index contributed by atoms with van der Waals surface area (Å²) in [5.74, 6) is -0.440. The fourth-order valence-corrected chi connectivity index (χ4v) is 4.47. The van der Waals surface area contributed by atoms with E-state index in [1.54, 1.807) is 41.3 Å². The molecule has 0 bridgehead atoms. The van der Waals surface area contributed by atoms with Crippen LogP contribution in [-0.2, 0) is 20.9 Å². The van der Waals surface area contributed by atoms with Crippen LogP contribution >= 0.6 is 0 Å². The third-order valence-electron chi connectivity index (χ3n) is 6.36. The maximum Gasteiger partial charge on any atom is 0.249 e. The van der Waals surface area contributed by atoms with Gasteiger partial charge >= 0.3 is 0 Å². The van der Waals surface area contributed by atoms with Crippen molar-refractivity contribution in [1.82, 2.24) is 4.90 Å². The molecular formula is C25H29FN2O4. The van der Waals surface area contributed by atoms with Gasteiger partial charge in [0.05, 0.1) is 12.6 Å². The van der Waals surface area contributed by atoms with Crippen LogP contribution in [0.2, 0.25) is 0 Å². The molecule has 4 rings (SSSR count). The number of halogens is 1. The smallest absolute Gasteiger partial charge is 0.249 e. The Morgan fingerprint density at radius 1 is 1.09 bits per heavy atom. The van der Waals surface area contributed by atoms with Gasteiger partial charge in [-0.15, -0.1) is 0 Å². The SMILES string of the molecule is O=C(Nc1ccc([C@@H](O)[C@H]2COCC(=O)N2Cc2ccc(F)cc2)cc1)C1CCCCC1. The average Bonchev–Trinajstić information content (AvgIpc) is 2.82. The van der Waals surface area contributed by atoms with E-state index >= 15 is 0 Å². The Kier molecular flexibility index (Phi) is 7.17. The van der Waals surface area contributed by atoms with Gasteiger partial charge in [-0.2, -0.15) is 0 Å². The number of hydrogen-bond acceptors (Lipinski definition) is 4. The number of aliphatic hydroxyl groups is 1. The van der Waals surface area contributed by atoms with Crippen LogP contribution in [0.1, 0.15) is 49.3 Å². The van der Waals surface area contributed by atoms with Gasteiger partial charge < -0.3 is 20.1 Å². The number of aliphatic hydroxyl groups excluding tert-OH is 1. The number of benzene rings is 2. The molecule has 2 amide bonds. The molecule has 1 saturated carbocycles. The van der Waals surface area contributed by atoms with Crippen LogP contribution in [0.25, 0.3) is 0 Å². The maximum atomic E-state index is 13.2. The van der Waals surface area contributed by atoms with E-state index in [1.165, 1.54) is 18.6 Å². The zero-order chi connectivity index (χ0) is 22.5. The topological polar surface area (TPSA) is 78.9 Å². The molecule has 1 aliphatic heterocycles. The molecule has 0 radical (unpaired) electrons. The van der Waals surface area contributed by atoms with E-state index in [9.17, 15) is 19.1 Å². The standard InChI is InChI=1S/C25H29FN2O4/c26-20-10-6-17(7-11-20)14-28-22(15-32-16-23(28)29)24(30)18-8-12-21(13-9-18)27-25(31)19-4-2-1-3-5-19/h6-13,19,22,24,30H,1-5,14-16H2,(H,27,31)/t22-,24-/m1/s1. The fourth-order valence-electron chi connectivity index (χ4n) is 4.47. The molecule has 0 spiro atoms. The highest BCUT2D eigenvalue weighted by Crippen LogP contribution is 2.28. The summed E-state index contributed by atoms with van der Waals surface area (Å²) in [6.07, 6.45) is 4.30. The number of ether oxygens (including phenoxy) is 1. The van der Waals surface area contributed by atoms with E-state index in [2.05, 4.69) is 5.32 Å². The van der Waals surface area contributed by atoms with E-state index in [1.807, 2.05) is 0 Å². The number of carbonyl (C=O) groups is 2. The first-order valence-corrected chi connectivity index (χ1v) is 11.2. The van der Waals surface area contributed by atoms with Crippen molar-refractivity contribution in [3.05, 3.63) is 65.5 Å². The molecule has 0 unspecified atom stereocenters. The highest BCUT2D eigenvalue weighted by atomic mass is 19.1. The fraction of sp³-hybridized carbons (Fsp3) is 0.440. The molecule has 2 atom stereocenters. The van der Waals surface area contributed by atoms with Crippen LogP contribution in [0, 0.1) is 11.7 Å². The summed E-state index contributed by atoms with van der Waals surface area (Å²) in [6, 6.07) is 12.5. The second-order valence-electron chi connectivity index (χ2n) is 8.62. The molecule has 0 aromatic heterocycles. The number of nitrogens with zero attached hydrogens (tertiary/aromatic N) is 1. The third kappa shape index (κ3) is 5.34. The third-order valence-corrected chi connectivity index (χ3v) is 6.36. The normalized spacial score (nSPS) is 20.8. The summed E-state index contributed by atoms with van der Waals surface area (Å²) < 4.78 is 18.6. The van der Waals surface area contributed by atoms with E-state index in [0.29, 0.717) is 11.3 Å². The van der Waals surface area contributed by atoms with Gasteiger partial charge in [-0.05, 0) is 48.2 Å². The Bertz CT molecular complexity index is 926. The van der Waals surface area contributed by atoms with Crippen LogP contribution in [-0.4, -0.2) is 41.1 Å². The minimum absolute atomic E-state index is 0.0451. The number of anilines is 1. The number of amides is 2. The molecule has 170 valence electrons. The summed E-state index contributed by atoms with van der Waals surface area (Å²) in [5.41, 5.74) is 2.10. The predicted molar refractivity (Wildman–Crippen MR) is 118 cm³/mol. The van der Waals surface area contributed by atoms with E-state index in [4.69, 9.17) is 4.74 Å². The minimum Gasteiger partial charge on any atom is -0.386 e. The molecule has 32 heavy (non-hydrogen) atoms. The first kappa shape index (κ1) is 22.4. The first-order chi connectivity index (χ1) is 15.5. The molecule has 2 aromatic carbocycles. The van der Waals surface area contributed by atoms with Crippen molar-refractivity contribution in [3.63, 3.8) is 0 Å². The van der Waals surface area contributed by atoms with Crippen molar-refractivity contribution in [3.8, 4) is 0 Å². The summed E-state index contributed by atoms with van der Waals surface area (Å²) in [7, 11) is 0. The average molecular weight is 441 g/mol. The lowest BCUT2D eigenvalue weighted by atomic mass is 9.88. The largest absolute Gasteiger partial charge is 0.386 e. The Balaban J connectivity index is 1.43. The van der Waals surface area contributed by atoms with Crippen molar-refractivity contribution in [2.45, 2.75) is 50.8 Å². The van der Waals surface area contributed by atoms with Gasteiger partial charge in [0.2, 0.25) is 11.8 Å². The zero-order valence-electron chi connectivity index (χ0n) is 18.0.